The fourth-order valence-corrected chi connectivity index (χ4v) is 6.58. The molecule has 5 aliphatic rings. The van der Waals surface area contributed by atoms with Gasteiger partial charge in [-0.15, -0.1) is 0 Å². The molecule has 4 aliphatic carbocycles. The number of amides is 2. The summed E-state index contributed by atoms with van der Waals surface area (Å²) in [7, 11) is 0. The lowest BCUT2D eigenvalue weighted by Gasteiger charge is -2.54. The van der Waals surface area contributed by atoms with E-state index < -0.39 is 0 Å². The first-order valence-corrected chi connectivity index (χ1v) is 10.9. The van der Waals surface area contributed by atoms with Crippen LogP contribution in [-0.4, -0.2) is 29.3 Å². The van der Waals surface area contributed by atoms with Gasteiger partial charge in [-0.2, -0.15) is 0 Å². The number of halogens is 1. The minimum Gasteiger partial charge on any atom is -0.353 e. The molecule has 4 saturated carbocycles. The van der Waals surface area contributed by atoms with E-state index in [1.807, 2.05) is 6.07 Å². The second-order valence-electron chi connectivity index (χ2n) is 9.60. The number of hydrogen-bond acceptors (Lipinski definition) is 2. The van der Waals surface area contributed by atoms with Crippen LogP contribution in [0.3, 0.4) is 0 Å². The summed E-state index contributed by atoms with van der Waals surface area (Å²) >= 11 is 0. The van der Waals surface area contributed by atoms with E-state index in [1.54, 1.807) is 11.0 Å². The monoisotopic (exact) mass is 384 g/mol. The van der Waals surface area contributed by atoms with Gasteiger partial charge in [0.25, 0.3) is 0 Å². The second kappa shape index (κ2) is 7.16. The highest BCUT2D eigenvalue weighted by molar-refractivity contribution is 5.84. The smallest absolute Gasteiger partial charge is 0.225 e. The molecule has 150 valence electrons. The van der Waals surface area contributed by atoms with Crippen molar-refractivity contribution in [3.63, 3.8) is 0 Å². The quantitative estimate of drug-likeness (QED) is 0.864. The minimum absolute atomic E-state index is 0.0583. The Labute approximate surface area is 165 Å². The molecule has 4 bridgehead atoms. The van der Waals surface area contributed by atoms with Gasteiger partial charge >= 0.3 is 0 Å². The van der Waals surface area contributed by atoms with E-state index in [4.69, 9.17) is 0 Å². The van der Waals surface area contributed by atoms with Crippen molar-refractivity contribution in [2.75, 3.05) is 6.54 Å². The van der Waals surface area contributed by atoms with E-state index in [0.717, 1.165) is 17.4 Å². The Hall–Kier alpha value is -1.91. The second-order valence-corrected chi connectivity index (χ2v) is 9.60. The Kier molecular flexibility index (Phi) is 4.64. The molecule has 1 aromatic rings. The van der Waals surface area contributed by atoms with Gasteiger partial charge in [0.2, 0.25) is 11.8 Å². The van der Waals surface area contributed by atoms with Crippen molar-refractivity contribution in [1.82, 2.24) is 10.2 Å². The zero-order valence-corrected chi connectivity index (χ0v) is 16.3. The van der Waals surface area contributed by atoms with Crippen LogP contribution in [-0.2, 0) is 16.1 Å². The van der Waals surface area contributed by atoms with Gasteiger partial charge in [-0.3, -0.25) is 9.59 Å². The van der Waals surface area contributed by atoms with Gasteiger partial charge in [0.05, 0.1) is 5.92 Å². The maximum atomic E-state index is 13.5. The van der Waals surface area contributed by atoms with E-state index in [1.165, 1.54) is 44.2 Å². The van der Waals surface area contributed by atoms with Gasteiger partial charge in [-0.25, -0.2) is 4.39 Å². The van der Waals surface area contributed by atoms with Gasteiger partial charge in [0.1, 0.15) is 5.82 Å². The van der Waals surface area contributed by atoms with E-state index >= 15 is 0 Å². The lowest BCUT2D eigenvalue weighted by Crippen LogP contribution is -2.57. The molecule has 0 unspecified atom stereocenters. The predicted molar refractivity (Wildman–Crippen MR) is 104 cm³/mol. The third-order valence-corrected chi connectivity index (χ3v) is 7.67. The fraction of sp³-hybridized carbons (Fsp3) is 0.652. The number of carbonyl (C=O) groups is 2. The van der Waals surface area contributed by atoms with Crippen molar-refractivity contribution < 1.29 is 14.0 Å². The van der Waals surface area contributed by atoms with Crippen molar-refractivity contribution in [3.8, 4) is 0 Å². The van der Waals surface area contributed by atoms with Crippen LogP contribution in [0.15, 0.2) is 24.3 Å². The van der Waals surface area contributed by atoms with Crippen molar-refractivity contribution in [3.05, 3.63) is 35.6 Å². The van der Waals surface area contributed by atoms with Crippen LogP contribution >= 0.6 is 0 Å². The molecular formula is C23H29FN2O2. The maximum absolute atomic E-state index is 13.5. The largest absolute Gasteiger partial charge is 0.353 e. The summed E-state index contributed by atoms with van der Waals surface area (Å²) < 4.78 is 13.5. The number of likely N-dealkylation sites (tertiary alicyclic amines) is 1. The van der Waals surface area contributed by atoms with Crippen LogP contribution in [0.1, 0.15) is 50.5 Å². The normalized spacial score (nSPS) is 36.6. The van der Waals surface area contributed by atoms with Crippen LogP contribution in [0.5, 0.6) is 0 Å². The first-order chi connectivity index (χ1) is 13.5. The van der Waals surface area contributed by atoms with Crippen LogP contribution in [0.2, 0.25) is 0 Å². The summed E-state index contributed by atoms with van der Waals surface area (Å²) in [5.41, 5.74) is 0.774. The SMILES string of the molecule is O=C(NC1C2CC3CC(C2)CC1C3)[C@H]1CCC(=O)N(Cc2cccc(F)c2)C1. The van der Waals surface area contributed by atoms with Gasteiger partial charge in [-0.1, -0.05) is 12.1 Å². The Bertz CT molecular complexity index is 752. The molecule has 5 heteroatoms. The summed E-state index contributed by atoms with van der Waals surface area (Å²) in [6, 6.07) is 6.70. The van der Waals surface area contributed by atoms with E-state index in [-0.39, 0.29) is 23.5 Å². The summed E-state index contributed by atoms with van der Waals surface area (Å²) in [4.78, 5) is 27.1. The van der Waals surface area contributed by atoms with Gasteiger partial charge in [0.15, 0.2) is 0 Å². The lowest BCUT2D eigenvalue weighted by molar-refractivity contribution is -0.140. The zero-order chi connectivity index (χ0) is 19.3. The highest BCUT2D eigenvalue weighted by atomic mass is 19.1. The molecule has 2 amide bonds. The third-order valence-electron chi connectivity index (χ3n) is 7.67. The fourth-order valence-electron chi connectivity index (χ4n) is 6.58. The Morgan fingerprint density at radius 3 is 2.50 bits per heavy atom. The maximum Gasteiger partial charge on any atom is 0.225 e. The number of nitrogens with zero attached hydrogens (tertiary/aromatic N) is 1. The number of rotatable bonds is 4. The number of nitrogens with one attached hydrogen (secondary N) is 1. The van der Waals surface area contributed by atoms with Crippen LogP contribution in [0.25, 0.3) is 0 Å². The van der Waals surface area contributed by atoms with Crippen LogP contribution < -0.4 is 5.32 Å². The first kappa shape index (κ1) is 18.1. The van der Waals surface area contributed by atoms with Gasteiger partial charge < -0.3 is 10.2 Å². The molecule has 1 aliphatic heterocycles. The molecule has 1 atom stereocenters. The number of hydrogen-bond donors (Lipinski definition) is 1. The number of piperidine rings is 1. The van der Waals surface area contributed by atoms with E-state index in [2.05, 4.69) is 5.32 Å². The lowest BCUT2D eigenvalue weighted by atomic mass is 9.54. The summed E-state index contributed by atoms with van der Waals surface area (Å²) in [5, 5.41) is 3.40. The topological polar surface area (TPSA) is 49.4 Å². The molecule has 28 heavy (non-hydrogen) atoms. The van der Waals surface area contributed by atoms with Gasteiger partial charge in [-0.05, 0) is 79.9 Å². The van der Waals surface area contributed by atoms with Crippen LogP contribution in [0, 0.1) is 35.4 Å². The molecular weight excluding hydrogens is 355 g/mol. The molecule has 0 aromatic heterocycles. The number of carbonyl (C=O) groups excluding carboxylic acids is 2. The Morgan fingerprint density at radius 2 is 1.82 bits per heavy atom. The van der Waals surface area contributed by atoms with Crippen LogP contribution in [0.4, 0.5) is 4.39 Å². The minimum atomic E-state index is -0.293. The molecule has 4 nitrogen and oxygen atoms in total. The summed E-state index contributed by atoms with van der Waals surface area (Å²) in [5.74, 6) is 2.84. The average molecular weight is 384 g/mol. The highest BCUT2D eigenvalue weighted by Crippen LogP contribution is 2.53. The highest BCUT2D eigenvalue weighted by Gasteiger charge is 2.49. The molecule has 1 saturated heterocycles. The predicted octanol–water partition coefficient (Wildman–Crippen LogP) is 3.51. The summed E-state index contributed by atoms with van der Waals surface area (Å²) in [6.45, 7) is 0.812. The molecule has 0 radical (unpaired) electrons. The molecule has 6 rings (SSSR count). The van der Waals surface area contributed by atoms with Crippen molar-refractivity contribution >= 4 is 11.8 Å². The standard InChI is InChI=1S/C23H29FN2O2/c24-20-3-1-2-14(11-20)12-26-13-17(4-5-21(26)27)23(28)25-22-18-7-15-6-16(9-18)10-19(22)8-15/h1-3,11,15-19,22H,4-10,12-13H2,(H,25,28)/t15?,16?,17-,18?,19?,22?/m0/s1. The van der Waals surface area contributed by atoms with E-state index in [0.29, 0.717) is 43.8 Å². The van der Waals surface area contributed by atoms with E-state index in [9.17, 15) is 14.0 Å². The summed E-state index contributed by atoms with van der Waals surface area (Å²) in [6.07, 6.45) is 7.57. The van der Waals surface area contributed by atoms with Crippen molar-refractivity contribution in [2.45, 2.75) is 57.5 Å². The zero-order valence-electron chi connectivity index (χ0n) is 16.3. The molecule has 0 spiro atoms. The van der Waals surface area contributed by atoms with Crippen molar-refractivity contribution in [1.29, 1.82) is 0 Å². The molecule has 5 fully saturated rings. The molecule has 1 heterocycles. The first-order valence-electron chi connectivity index (χ1n) is 10.9. The third kappa shape index (κ3) is 3.44. The average Bonchev–Trinajstić information content (AvgIpc) is 2.66. The Morgan fingerprint density at radius 1 is 1.11 bits per heavy atom. The van der Waals surface area contributed by atoms with Gasteiger partial charge in [0, 0.05) is 25.6 Å². The Balaban J connectivity index is 1.22. The number of benzene rings is 1. The molecule has 1 N–H and O–H groups in total. The molecule has 1 aromatic carbocycles. The van der Waals surface area contributed by atoms with Crippen molar-refractivity contribution in [2.24, 2.45) is 29.6 Å².